The molecule has 2 N–H and O–H groups in total. The third-order valence-corrected chi connectivity index (χ3v) is 7.09. The van der Waals surface area contributed by atoms with E-state index in [1.165, 1.54) is 24.0 Å². The Morgan fingerprint density at radius 3 is 2.69 bits per heavy atom. The molecule has 32 heavy (non-hydrogen) atoms. The van der Waals surface area contributed by atoms with E-state index in [1.54, 1.807) is 0 Å². The van der Waals surface area contributed by atoms with Crippen molar-refractivity contribution in [2.45, 2.75) is 103 Å². The van der Waals surface area contributed by atoms with Gasteiger partial charge in [-0.3, -0.25) is 0 Å². The number of fused-ring (bicyclic) bond motifs is 2. The van der Waals surface area contributed by atoms with Crippen LogP contribution in [0.25, 0.3) is 0 Å². The highest BCUT2D eigenvalue weighted by Crippen LogP contribution is 2.48. The van der Waals surface area contributed by atoms with E-state index in [0.29, 0.717) is 11.8 Å². The lowest BCUT2D eigenvalue weighted by Gasteiger charge is -2.32. The first-order valence-corrected chi connectivity index (χ1v) is 12.5. The first-order chi connectivity index (χ1) is 15.2. The molecule has 0 bridgehead atoms. The molecule has 5 atom stereocenters. The summed E-state index contributed by atoms with van der Waals surface area (Å²) in [6.45, 7) is 7.63. The molecule has 0 amide bonds. The third kappa shape index (κ3) is 6.71. The fourth-order valence-electron chi connectivity index (χ4n) is 5.61. The summed E-state index contributed by atoms with van der Waals surface area (Å²) in [6.07, 6.45) is 8.01. The second kappa shape index (κ2) is 11.0. The molecule has 180 valence electrons. The Hall–Kier alpha value is -1.59. The molecule has 5 nitrogen and oxygen atoms in total. The van der Waals surface area contributed by atoms with Crippen LogP contribution in [0.3, 0.4) is 0 Å². The number of esters is 1. The minimum atomic E-state index is -0.525. The monoisotopic (exact) mass is 446 g/mol. The van der Waals surface area contributed by atoms with Crippen LogP contribution < -0.4 is 4.74 Å². The van der Waals surface area contributed by atoms with Crippen LogP contribution in [0.15, 0.2) is 18.2 Å². The van der Waals surface area contributed by atoms with Crippen LogP contribution in [-0.4, -0.2) is 40.6 Å². The second-order valence-corrected chi connectivity index (χ2v) is 10.8. The lowest BCUT2D eigenvalue weighted by Crippen LogP contribution is -2.29. The quantitative estimate of drug-likeness (QED) is 0.397. The molecule has 0 spiro atoms. The van der Waals surface area contributed by atoms with Crippen molar-refractivity contribution in [3.8, 4) is 5.75 Å². The molecule has 1 aromatic carbocycles. The molecule has 1 fully saturated rings. The average Bonchev–Trinajstić information content (AvgIpc) is 3.02. The fraction of sp³-hybridized carbons (Fsp3) is 0.741. The second-order valence-electron chi connectivity index (χ2n) is 10.8. The number of hydrogen-bond donors (Lipinski definition) is 2. The largest absolute Gasteiger partial charge is 0.482 e. The third-order valence-electron chi connectivity index (χ3n) is 7.09. The molecular weight excluding hydrogens is 404 g/mol. The smallest absolute Gasteiger partial charge is 0.344 e. The number of carbonyl (C=O) groups is 1. The molecule has 2 aliphatic rings. The molecular formula is C27H42O5. The lowest BCUT2D eigenvalue weighted by atomic mass is 9.73. The Bertz CT molecular complexity index is 753. The molecule has 0 aromatic heterocycles. The molecule has 1 saturated carbocycles. The molecule has 1 aromatic rings. The molecule has 0 aliphatic heterocycles. The predicted molar refractivity (Wildman–Crippen MR) is 126 cm³/mol. The Morgan fingerprint density at radius 2 is 1.97 bits per heavy atom. The van der Waals surface area contributed by atoms with Gasteiger partial charge in [0.15, 0.2) is 6.61 Å². The minimum Gasteiger partial charge on any atom is -0.482 e. The van der Waals surface area contributed by atoms with E-state index in [9.17, 15) is 15.0 Å². The van der Waals surface area contributed by atoms with Gasteiger partial charge < -0.3 is 19.7 Å². The summed E-state index contributed by atoms with van der Waals surface area (Å²) in [6, 6.07) is 6.06. The van der Waals surface area contributed by atoms with Crippen molar-refractivity contribution in [1.29, 1.82) is 0 Å². The summed E-state index contributed by atoms with van der Waals surface area (Å²) in [5, 5.41) is 21.2. The zero-order valence-corrected chi connectivity index (χ0v) is 20.3. The molecule has 0 radical (unpaired) electrons. The van der Waals surface area contributed by atoms with E-state index < -0.39 is 5.60 Å². The van der Waals surface area contributed by atoms with Crippen molar-refractivity contribution in [2.75, 3.05) is 6.61 Å². The molecule has 0 heterocycles. The SMILES string of the molecule is CCCCC[C@H](O)CC[C@@H]1[C@H]2Cc3cccc(OCC(=O)OC(C)(C)C)c3C[C@H]2C[C@H]1O. The van der Waals surface area contributed by atoms with Crippen molar-refractivity contribution >= 4 is 5.97 Å². The summed E-state index contributed by atoms with van der Waals surface area (Å²) in [4.78, 5) is 12.1. The number of aliphatic hydroxyl groups excluding tert-OH is 2. The Kier molecular flexibility index (Phi) is 8.62. The molecule has 0 unspecified atom stereocenters. The van der Waals surface area contributed by atoms with Gasteiger partial charge in [-0.15, -0.1) is 0 Å². The first kappa shape index (κ1) is 25.0. The number of aliphatic hydroxyl groups is 2. The highest BCUT2D eigenvalue weighted by atomic mass is 16.6. The van der Waals surface area contributed by atoms with E-state index in [1.807, 2.05) is 32.9 Å². The Labute approximate surface area is 193 Å². The fourth-order valence-corrected chi connectivity index (χ4v) is 5.61. The van der Waals surface area contributed by atoms with Gasteiger partial charge in [-0.2, -0.15) is 0 Å². The standard InChI is InChI=1S/C27H42O5/c1-5-6-7-10-20(28)12-13-21-22-14-18-9-8-11-25(23(18)15-19(22)16-24(21)29)31-17-26(30)32-27(2,3)4/h8-9,11,19-22,24,28-29H,5-7,10,12-17H2,1-4H3/t19-,20-,21+,22-,24+/m0/s1. The predicted octanol–water partition coefficient (Wildman–Crippen LogP) is 4.84. The molecule has 3 rings (SSSR count). The maximum Gasteiger partial charge on any atom is 0.344 e. The molecule has 5 heteroatoms. The van der Waals surface area contributed by atoms with Crippen LogP contribution in [-0.2, 0) is 22.4 Å². The maximum atomic E-state index is 12.1. The van der Waals surface area contributed by atoms with E-state index in [-0.39, 0.29) is 30.7 Å². The minimum absolute atomic E-state index is 0.0943. The summed E-state index contributed by atoms with van der Waals surface area (Å²) >= 11 is 0. The van der Waals surface area contributed by atoms with Crippen LogP contribution in [0, 0.1) is 17.8 Å². The van der Waals surface area contributed by atoms with E-state index in [4.69, 9.17) is 9.47 Å². The van der Waals surface area contributed by atoms with Gasteiger partial charge in [0.2, 0.25) is 0 Å². The van der Waals surface area contributed by atoms with Gasteiger partial charge in [-0.1, -0.05) is 38.3 Å². The van der Waals surface area contributed by atoms with Gasteiger partial charge in [-0.25, -0.2) is 4.79 Å². The van der Waals surface area contributed by atoms with Crippen molar-refractivity contribution in [1.82, 2.24) is 0 Å². The molecule has 2 aliphatic carbocycles. The number of rotatable bonds is 10. The van der Waals surface area contributed by atoms with E-state index in [2.05, 4.69) is 13.0 Å². The van der Waals surface area contributed by atoms with Crippen molar-refractivity contribution in [3.63, 3.8) is 0 Å². The zero-order chi connectivity index (χ0) is 23.3. The summed E-state index contributed by atoms with van der Waals surface area (Å²) < 4.78 is 11.2. The Balaban J connectivity index is 1.60. The summed E-state index contributed by atoms with van der Waals surface area (Å²) in [7, 11) is 0. The highest BCUT2D eigenvalue weighted by Gasteiger charge is 2.44. The van der Waals surface area contributed by atoms with Gasteiger partial charge in [0.25, 0.3) is 0 Å². The van der Waals surface area contributed by atoms with Gasteiger partial charge in [-0.05, 0) is 94.2 Å². The number of ether oxygens (including phenoxy) is 2. The molecule has 0 saturated heterocycles. The van der Waals surface area contributed by atoms with Crippen LogP contribution in [0.4, 0.5) is 0 Å². The van der Waals surface area contributed by atoms with E-state index in [0.717, 1.165) is 50.7 Å². The Morgan fingerprint density at radius 1 is 1.19 bits per heavy atom. The number of unbranched alkanes of at least 4 members (excludes halogenated alkanes) is 2. The van der Waals surface area contributed by atoms with Gasteiger partial charge >= 0.3 is 5.97 Å². The van der Waals surface area contributed by atoms with E-state index >= 15 is 0 Å². The van der Waals surface area contributed by atoms with Gasteiger partial charge in [0.05, 0.1) is 12.2 Å². The van der Waals surface area contributed by atoms with Gasteiger partial charge in [0, 0.05) is 0 Å². The van der Waals surface area contributed by atoms with Crippen molar-refractivity contribution < 1.29 is 24.5 Å². The zero-order valence-electron chi connectivity index (χ0n) is 20.3. The number of carbonyl (C=O) groups excluding carboxylic acids is 1. The number of benzene rings is 1. The first-order valence-electron chi connectivity index (χ1n) is 12.5. The topological polar surface area (TPSA) is 76.0 Å². The van der Waals surface area contributed by atoms with Crippen LogP contribution in [0.5, 0.6) is 5.75 Å². The normalized spacial score (nSPS) is 25.7. The highest BCUT2D eigenvalue weighted by molar-refractivity contribution is 5.71. The van der Waals surface area contributed by atoms with Gasteiger partial charge in [0.1, 0.15) is 11.4 Å². The van der Waals surface area contributed by atoms with Crippen molar-refractivity contribution in [3.05, 3.63) is 29.3 Å². The van der Waals surface area contributed by atoms with Crippen LogP contribution >= 0.6 is 0 Å². The average molecular weight is 447 g/mol. The summed E-state index contributed by atoms with van der Waals surface area (Å²) in [5.74, 6) is 1.52. The maximum absolute atomic E-state index is 12.1. The van der Waals surface area contributed by atoms with Crippen LogP contribution in [0.2, 0.25) is 0 Å². The lowest BCUT2D eigenvalue weighted by molar-refractivity contribution is -0.157. The van der Waals surface area contributed by atoms with Crippen LogP contribution in [0.1, 0.15) is 83.8 Å². The number of hydrogen-bond acceptors (Lipinski definition) is 5. The summed E-state index contributed by atoms with van der Waals surface area (Å²) in [5.41, 5.74) is 1.91. The van der Waals surface area contributed by atoms with Crippen molar-refractivity contribution in [2.24, 2.45) is 17.8 Å².